The minimum Gasteiger partial charge on any atom is -0.497 e. The topological polar surface area (TPSA) is 46.5 Å². The Morgan fingerprint density at radius 3 is 2.57 bits per heavy atom. The van der Waals surface area contributed by atoms with Gasteiger partial charge >= 0.3 is 5.97 Å². The third kappa shape index (κ3) is 1.87. The molecule has 0 aliphatic heterocycles. The molecule has 14 heavy (non-hydrogen) atoms. The maximum Gasteiger partial charge on any atom is 0.336 e. The van der Waals surface area contributed by atoms with Gasteiger partial charge in [-0.05, 0) is 36.6 Å². The fraction of sp³-hybridized carbons (Fsp3) is 0.364. The fourth-order valence-electron chi connectivity index (χ4n) is 1.53. The highest BCUT2D eigenvalue weighted by Gasteiger charge is 2.13. The van der Waals surface area contributed by atoms with E-state index in [1.165, 1.54) is 0 Å². The molecule has 0 unspecified atom stereocenters. The molecule has 0 aliphatic carbocycles. The van der Waals surface area contributed by atoms with E-state index in [2.05, 4.69) is 0 Å². The zero-order chi connectivity index (χ0) is 10.7. The van der Waals surface area contributed by atoms with E-state index in [1.807, 2.05) is 6.92 Å². The summed E-state index contributed by atoms with van der Waals surface area (Å²) in [5.74, 6) is -0.161. The van der Waals surface area contributed by atoms with Gasteiger partial charge in [0.25, 0.3) is 0 Å². The van der Waals surface area contributed by atoms with Crippen LogP contribution in [0.5, 0.6) is 5.75 Å². The summed E-state index contributed by atoms with van der Waals surface area (Å²) in [5, 5.41) is 9.00. The Balaban J connectivity index is 3.34. The van der Waals surface area contributed by atoms with Gasteiger partial charge in [0, 0.05) is 0 Å². The first-order valence-electron chi connectivity index (χ1n) is 4.51. The number of ether oxygens (including phenoxy) is 1. The van der Waals surface area contributed by atoms with E-state index in [4.69, 9.17) is 9.84 Å². The molecule has 3 heteroatoms. The molecule has 1 aromatic rings. The largest absolute Gasteiger partial charge is 0.497 e. The second-order valence-corrected chi connectivity index (χ2v) is 3.14. The van der Waals surface area contributed by atoms with Crippen LogP contribution in [0.1, 0.15) is 28.4 Å². The quantitative estimate of drug-likeness (QED) is 0.802. The lowest BCUT2D eigenvalue weighted by Crippen LogP contribution is -2.05. The highest BCUT2D eigenvalue weighted by atomic mass is 16.5. The van der Waals surface area contributed by atoms with E-state index in [0.717, 1.165) is 11.1 Å². The van der Waals surface area contributed by atoms with E-state index in [-0.39, 0.29) is 0 Å². The summed E-state index contributed by atoms with van der Waals surface area (Å²) < 4.78 is 5.08. The molecule has 0 aromatic heterocycles. The Hall–Kier alpha value is -1.51. The van der Waals surface area contributed by atoms with E-state index in [1.54, 1.807) is 26.2 Å². The Morgan fingerprint density at radius 1 is 1.50 bits per heavy atom. The SMILES string of the molecule is CCc1cc(OC)cc(C)c1C(=O)O. The van der Waals surface area contributed by atoms with Crippen molar-refractivity contribution < 1.29 is 14.6 Å². The summed E-state index contributed by atoms with van der Waals surface area (Å²) >= 11 is 0. The summed E-state index contributed by atoms with van der Waals surface area (Å²) in [6, 6.07) is 3.51. The maximum atomic E-state index is 11.0. The molecule has 0 radical (unpaired) electrons. The number of rotatable bonds is 3. The van der Waals surface area contributed by atoms with Gasteiger partial charge in [-0.2, -0.15) is 0 Å². The van der Waals surface area contributed by atoms with Crippen molar-refractivity contribution in [3.05, 3.63) is 28.8 Å². The molecular weight excluding hydrogens is 180 g/mol. The number of hydrogen-bond acceptors (Lipinski definition) is 2. The van der Waals surface area contributed by atoms with Crippen molar-refractivity contribution in [3.8, 4) is 5.75 Å². The van der Waals surface area contributed by atoms with Crippen LogP contribution in [0.4, 0.5) is 0 Å². The number of aromatic carboxylic acids is 1. The molecule has 1 N–H and O–H groups in total. The van der Waals surface area contributed by atoms with Crippen LogP contribution < -0.4 is 4.74 Å². The average Bonchev–Trinajstić information content (AvgIpc) is 2.15. The third-order valence-electron chi connectivity index (χ3n) is 2.22. The molecule has 0 atom stereocenters. The van der Waals surface area contributed by atoms with Crippen molar-refractivity contribution in [1.29, 1.82) is 0 Å². The van der Waals surface area contributed by atoms with Gasteiger partial charge in [-0.15, -0.1) is 0 Å². The molecule has 1 aromatic carbocycles. The van der Waals surface area contributed by atoms with Crippen molar-refractivity contribution in [3.63, 3.8) is 0 Å². The molecule has 0 saturated heterocycles. The standard InChI is InChI=1S/C11H14O3/c1-4-8-6-9(14-3)5-7(2)10(8)11(12)13/h5-6H,4H2,1-3H3,(H,12,13). The number of methoxy groups -OCH3 is 1. The minimum atomic E-state index is -0.873. The second-order valence-electron chi connectivity index (χ2n) is 3.14. The maximum absolute atomic E-state index is 11.0. The summed E-state index contributed by atoms with van der Waals surface area (Å²) in [7, 11) is 1.58. The molecule has 76 valence electrons. The van der Waals surface area contributed by atoms with Crippen LogP contribution in [0.2, 0.25) is 0 Å². The lowest BCUT2D eigenvalue weighted by molar-refractivity contribution is 0.0695. The zero-order valence-electron chi connectivity index (χ0n) is 8.63. The molecule has 0 fully saturated rings. The monoisotopic (exact) mass is 194 g/mol. The van der Waals surface area contributed by atoms with Gasteiger partial charge < -0.3 is 9.84 Å². The summed E-state index contributed by atoms with van der Waals surface area (Å²) in [6.07, 6.45) is 0.694. The minimum absolute atomic E-state index is 0.397. The number of carboxylic acids is 1. The number of hydrogen-bond donors (Lipinski definition) is 1. The first-order valence-corrected chi connectivity index (χ1v) is 4.51. The Morgan fingerprint density at radius 2 is 2.14 bits per heavy atom. The highest BCUT2D eigenvalue weighted by molar-refractivity contribution is 5.91. The molecule has 0 spiro atoms. The smallest absolute Gasteiger partial charge is 0.336 e. The number of aryl methyl sites for hydroxylation is 2. The first kappa shape index (κ1) is 10.6. The van der Waals surface area contributed by atoms with Crippen LogP contribution >= 0.6 is 0 Å². The molecule has 0 heterocycles. The van der Waals surface area contributed by atoms with Crippen molar-refractivity contribution in [2.24, 2.45) is 0 Å². The molecule has 0 saturated carbocycles. The predicted molar refractivity (Wildman–Crippen MR) is 54.1 cm³/mol. The Bertz CT molecular complexity index is 356. The van der Waals surface area contributed by atoms with Gasteiger partial charge in [0.2, 0.25) is 0 Å². The number of carboxylic acid groups (broad SMARTS) is 1. The molecule has 1 rings (SSSR count). The average molecular weight is 194 g/mol. The van der Waals surface area contributed by atoms with E-state index >= 15 is 0 Å². The van der Waals surface area contributed by atoms with Crippen LogP contribution in [0.25, 0.3) is 0 Å². The van der Waals surface area contributed by atoms with Crippen LogP contribution in [-0.4, -0.2) is 18.2 Å². The highest BCUT2D eigenvalue weighted by Crippen LogP contribution is 2.22. The van der Waals surface area contributed by atoms with Crippen molar-refractivity contribution >= 4 is 5.97 Å². The van der Waals surface area contributed by atoms with Crippen LogP contribution in [0, 0.1) is 6.92 Å². The third-order valence-corrected chi connectivity index (χ3v) is 2.22. The summed E-state index contributed by atoms with van der Waals surface area (Å²) in [6.45, 7) is 3.71. The number of benzene rings is 1. The van der Waals surface area contributed by atoms with Gasteiger partial charge in [0.05, 0.1) is 12.7 Å². The number of carbonyl (C=O) groups is 1. The molecule has 0 bridgehead atoms. The van der Waals surface area contributed by atoms with Crippen LogP contribution in [-0.2, 0) is 6.42 Å². The molecule has 3 nitrogen and oxygen atoms in total. The van der Waals surface area contributed by atoms with Gasteiger partial charge in [-0.25, -0.2) is 4.79 Å². The van der Waals surface area contributed by atoms with Crippen molar-refractivity contribution in [2.45, 2.75) is 20.3 Å². The zero-order valence-corrected chi connectivity index (χ0v) is 8.63. The van der Waals surface area contributed by atoms with E-state index in [0.29, 0.717) is 17.7 Å². The van der Waals surface area contributed by atoms with E-state index < -0.39 is 5.97 Å². The molecule has 0 amide bonds. The molecule has 0 aliphatic rings. The van der Waals surface area contributed by atoms with Crippen LogP contribution in [0.15, 0.2) is 12.1 Å². The lowest BCUT2D eigenvalue weighted by Gasteiger charge is -2.09. The predicted octanol–water partition coefficient (Wildman–Crippen LogP) is 2.26. The fourth-order valence-corrected chi connectivity index (χ4v) is 1.53. The van der Waals surface area contributed by atoms with Crippen LogP contribution in [0.3, 0.4) is 0 Å². The summed E-state index contributed by atoms with van der Waals surface area (Å²) in [4.78, 5) is 11.0. The first-order chi connectivity index (χ1) is 6.60. The van der Waals surface area contributed by atoms with Gasteiger partial charge in [0.15, 0.2) is 0 Å². The Labute approximate surface area is 83.3 Å². The normalized spacial score (nSPS) is 9.93. The van der Waals surface area contributed by atoms with Gasteiger partial charge in [-0.1, -0.05) is 6.92 Å². The van der Waals surface area contributed by atoms with E-state index in [9.17, 15) is 4.79 Å². The van der Waals surface area contributed by atoms with Crippen molar-refractivity contribution in [1.82, 2.24) is 0 Å². The Kier molecular flexibility index (Phi) is 3.12. The summed E-state index contributed by atoms with van der Waals surface area (Å²) in [5.41, 5.74) is 1.95. The van der Waals surface area contributed by atoms with Gasteiger partial charge in [-0.3, -0.25) is 0 Å². The van der Waals surface area contributed by atoms with Gasteiger partial charge in [0.1, 0.15) is 5.75 Å². The lowest BCUT2D eigenvalue weighted by atomic mass is 10.00. The second kappa shape index (κ2) is 4.13. The molecular formula is C11H14O3. The van der Waals surface area contributed by atoms with Crippen molar-refractivity contribution in [2.75, 3.05) is 7.11 Å².